The molecule has 0 bridgehead atoms. The van der Waals surface area contributed by atoms with Gasteiger partial charge in [-0.1, -0.05) is 6.92 Å². The number of halogens is 1. The molecule has 3 amide bonds. The Morgan fingerprint density at radius 3 is 1.75 bits per heavy atom. The van der Waals surface area contributed by atoms with Crippen LogP contribution in [-0.2, 0) is 58.3 Å². The topological polar surface area (TPSA) is 197 Å². The SMILES string of the molecule is CCN(CCCC(=O)NCCO)C(=O)c1ccc2c(c1)c1c(n2C)CC[C@@H](C2CCOCC2)C1.CCNCCCC(=O)NCCO.CCn1c2c(c3cc(C(=O)O)ccc31)C[C@H](C1CCOCC1)CC2.Cl. The molecule has 2 atom stereocenters. The van der Waals surface area contributed by atoms with Crippen LogP contribution in [0.2, 0.25) is 0 Å². The van der Waals surface area contributed by atoms with Gasteiger partial charge in [-0.2, -0.15) is 0 Å². The van der Waals surface area contributed by atoms with Crippen LogP contribution in [0.15, 0.2) is 36.4 Å². The van der Waals surface area contributed by atoms with E-state index in [0.717, 1.165) is 114 Å². The Balaban J connectivity index is 0.000000220. The fraction of sp³-hybridized carbons (Fsp3) is 0.636. The van der Waals surface area contributed by atoms with E-state index in [1.54, 1.807) is 6.07 Å². The number of aromatic carboxylic acids is 1. The molecule has 0 saturated carbocycles. The summed E-state index contributed by atoms with van der Waals surface area (Å²) in [5.74, 6) is 2.02. The van der Waals surface area contributed by atoms with E-state index >= 15 is 0 Å². The van der Waals surface area contributed by atoms with E-state index in [0.29, 0.717) is 56.3 Å². The molecule has 4 heterocycles. The van der Waals surface area contributed by atoms with Gasteiger partial charge in [-0.15, -0.1) is 12.4 Å². The van der Waals surface area contributed by atoms with Crippen molar-refractivity contribution in [3.8, 4) is 0 Å². The summed E-state index contributed by atoms with van der Waals surface area (Å²) in [5, 5.41) is 37.3. The van der Waals surface area contributed by atoms with Gasteiger partial charge >= 0.3 is 5.97 Å². The van der Waals surface area contributed by atoms with Crippen molar-refractivity contribution in [1.29, 1.82) is 0 Å². The number of aromatic nitrogens is 2. The standard InChI is InChI=1S/C27H39N3O4.C20H25NO3.C8H18N2O2.ClH/c1-3-30(13-4-5-26(32)28-12-14-31)27(33)21-7-9-25-23(18-21)22-17-20(6-8-24(22)29(25)2)19-10-15-34-16-11-19;1-2-21-18-5-3-14(13-7-9-24-10-8-13)11-16(18)17-12-15(20(22)23)4-6-19(17)21;1-2-9-5-3-4-8(12)10-6-7-11;/h7,9,18-20,31H,3-6,8,10-17H2,1-2H3,(H,28,32);4,6,12-14H,2-3,5,7-11H2,1H3,(H,22,23);9,11H,2-7H2,1H3,(H,10,12);1H/t20-;14-;;/m11../s1. The number of hydrogen-bond acceptors (Lipinski definition) is 9. The lowest BCUT2D eigenvalue weighted by atomic mass is 9.75. The van der Waals surface area contributed by atoms with Crippen LogP contribution in [-0.4, -0.2) is 132 Å². The number of hydrogen-bond donors (Lipinski definition) is 6. The Morgan fingerprint density at radius 2 is 1.20 bits per heavy atom. The summed E-state index contributed by atoms with van der Waals surface area (Å²) in [7, 11) is 2.15. The van der Waals surface area contributed by atoms with Gasteiger partial charge in [-0.3, -0.25) is 14.4 Å². The molecule has 0 unspecified atom stereocenters. The summed E-state index contributed by atoms with van der Waals surface area (Å²) in [5.41, 5.74) is 9.20. The van der Waals surface area contributed by atoms with Crippen molar-refractivity contribution in [2.75, 3.05) is 78.9 Å². The Labute approximate surface area is 427 Å². The highest BCUT2D eigenvalue weighted by Gasteiger charge is 2.33. The average molecular weight is 1010 g/mol. The number of rotatable bonds is 19. The zero-order chi connectivity index (χ0) is 50.0. The van der Waals surface area contributed by atoms with E-state index in [1.165, 1.54) is 64.6 Å². The number of nitrogens with one attached hydrogen (secondary N) is 3. The molecule has 16 heteroatoms. The molecule has 2 aliphatic carbocycles. The first kappa shape index (κ1) is 57.4. The summed E-state index contributed by atoms with van der Waals surface area (Å²) in [6.45, 7) is 14.2. The molecular formula is C55H83ClN6O9. The second-order valence-corrected chi connectivity index (χ2v) is 19.4. The maximum atomic E-state index is 13.3. The van der Waals surface area contributed by atoms with Crippen LogP contribution in [0.4, 0.5) is 0 Å². The largest absolute Gasteiger partial charge is 0.478 e. The van der Waals surface area contributed by atoms with Crippen molar-refractivity contribution in [2.45, 2.75) is 117 Å². The van der Waals surface area contributed by atoms with Crippen LogP contribution in [0.3, 0.4) is 0 Å². The third-order valence-corrected chi connectivity index (χ3v) is 15.2. The maximum Gasteiger partial charge on any atom is 0.335 e. The lowest BCUT2D eigenvalue weighted by Gasteiger charge is -2.33. The highest BCUT2D eigenvalue weighted by Crippen LogP contribution is 2.41. The minimum absolute atomic E-state index is 0. The molecule has 4 aliphatic rings. The summed E-state index contributed by atoms with van der Waals surface area (Å²) >= 11 is 0. The van der Waals surface area contributed by atoms with Crippen LogP contribution < -0.4 is 16.0 Å². The van der Waals surface area contributed by atoms with E-state index in [2.05, 4.69) is 51.2 Å². The van der Waals surface area contributed by atoms with Gasteiger partial charge in [-0.05, 0) is 175 Å². The Hall–Kier alpha value is -4.51. The minimum atomic E-state index is -0.841. The first-order chi connectivity index (χ1) is 34.0. The second kappa shape index (κ2) is 29.3. The molecule has 4 aromatic rings. The number of amides is 3. The van der Waals surface area contributed by atoms with Crippen LogP contribution in [0, 0.1) is 23.7 Å². The third kappa shape index (κ3) is 15.3. The van der Waals surface area contributed by atoms with Gasteiger partial charge in [-0.25, -0.2) is 4.79 Å². The molecule has 2 saturated heterocycles. The fourth-order valence-electron chi connectivity index (χ4n) is 11.4. The van der Waals surface area contributed by atoms with E-state index in [-0.39, 0.29) is 49.9 Å². The molecule has 394 valence electrons. The van der Waals surface area contributed by atoms with Gasteiger partial charge in [0.25, 0.3) is 5.91 Å². The first-order valence-electron chi connectivity index (χ1n) is 26.4. The highest BCUT2D eigenvalue weighted by molar-refractivity contribution is 5.99. The normalized spacial score (nSPS) is 17.9. The van der Waals surface area contributed by atoms with E-state index in [4.69, 9.17) is 19.7 Å². The Kier molecular flexibility index (Phi) is 23.6. The fourth-order valence-corrected chi connectivity index (χ4v) is 11.4. The van der Waals surface area contributed by atoms with Crippen molar-refractivity contribution in [1.82, 2.24) is 30.0 Å². The molecule has 2 fully saturated rings. The zero-order valence-electron chi connectivity index (χ0n) is 42.9. The van der Waals surface area contributed by atoms with Crippen LogP contribution in [0.5, 0.6) is 0 Å². The Bertz CT molecular complexity index is 2340. The number of benzene rings is 2. The highest BCUT2D eigenvalue weighted by atomic mass is 35.5. The zero-order valence-corrected chi connectivity index (χ0v) is 43.7. The third-order valence-electron chi connectivity index (χ3n) is 15.2. The van der Waals surface area contributed by atoms with Crippen LogP contribution in [0.25, 0.3) is 21.8 Å². The van der Waals surface area contributed by atoms with Crippen molar-refractivity contribution in [3.63, 3.8) is 0 Å². The van der Waals surface area contributed by atoms with Crippen LogP contribution in [0.1, 0.15) is 128 Å². The molecule has 71 heavy (non-hydrogen) atoms. The van der Waals surface area contributed by atoms with Crippen molar-refractivity contribution in [3.05, 3.63) is 70.0 Å². The molecule has 0 radical (unpaired) electrons. The van der Waals surface area contributed by atoms with E-state index in [9.17, 15) is 24.3 Å². The molecule has 0 spiro atoms. The number of aryl methyl sites for hydroxylation is 2. The summed E-state index contributed by atoms with van der Waals surface area (Å²) in [6, 6.07) is 11.8. The van der Waals surface area contributed by atoms with Crippen LogP contribution >= 0.6 is 12.4 Å². The molecule has 15 nitrogen and oxygen atoms in total. The quantitative estimate of drug-likeness (QED) is 0.0541. The molecule has 6 N–H and O–H groups in total. The number of carbonyl (C=O) groups excluding carboxylic acids is 3. The van der Waals surface area contributed by atoms with Gasteiger partial charge < -0.3 is 54.8 Å². The average Bonchev–Trinajstić information content (AvgIpc) is 3.87. The first-order valence-corrected chi connectivity index (χ1v) is 26.4. The van der Waals surface area contributed by atoms with Gasteiger partial charge in [0.15, 0.2) is 0 Å². The minimum Gasteiger partial charge on any atom is -0.478 e. The number of carboxylic acids is 1. The summed E-state index contributed by atoms with van der Waals surface area (Å²) < 4.78 is 15.8. The number of aliphatic hydroxyl groups excluding tert-OH is 2. The van der Waals surface area contributed by atoms with Gasteiger partial charge in [0, 0.05) is 118 Å². The number of carboxylic acid groups (broad SMARTS) is 1. The van der Waals surface area contributed by atoms with Crippen molar-refractivity contribution < 1.29 is 44.0 Å². The number of aliphatic hydroxyl groups is 2. The number of carbonyl (C=O) groups is 4. The van der Waals surface area contributed by atoms with Gasteiger partial charge in [0.05, 0.1) is 18.8 Å². The van der Waals surface area contributed by atoms with E-state index < -0.39 is 5.97 Å². The summed E-state index contributed by atoms with van der Waals surface area (Å²) in [6.07, 6.45) is 13.9. The summed E-state index contributed by atoms with van der Waals surface area (Å²) in [4.78, 5) is 49.2. The van der Waals surface area contributed by atoms with Gasteiger partial charge in [0.1, 0.15) is 0 Å². The molecular weight excluding hydrogens is 924 g/mol. The predicted octanol–water partition coefficient (Wildman–Crippen LogP) is 6.86. The monoisotopic (exact) mass is 1010 g/mol. The van der Waals surface area contributed by atoms with Gasteiger partial charge in [0.2, 0.25) is 11.8 Å². The maximum absolute atomic E-state index is 13.3. The number of nitrogens with zero attached hydrogens (tertiary/aromatic N) is 3. The smallest absolute Gasteiger partial charge is 0.335 e. The van der Waals surface area contributed by atoms with Crippen molar-refractivity contribution in [2.24, 2.45) is 30.7 Å². The lowest BCUT2D eigenvalue weighted by Crippen LogP contribution is -2.33. The molecule has 2 aromatic heterocycles. The molecule has 2 aromatic carbocycles. The molecule has 2 aliphatic heterocycles. The number of fused-ring (bicyclic) bond motifs is 6. The molecule has 8 rings (SSSR count). The lowest BCUT2D eigenvalue weighted by molar-refractivity contribution is -0.122. The Morgan fingerprint density at radius 1 is 0.676 bits per heavy atom. The second-order valence-electron chi connectivity index (χ2n) is 19.4. The van der Waals surface area contributed by atoms with Crippen molar-refractivity contribution >= 4 is 57.9 Å². The predicted molar refractivity (Wildman–Crippen MR) is 282 cm³/mol. The number of ether oxygens (including phenoxy) is 2. The van der Waals surface area contributed by atoms with E-state index in [1.807, 2.05) is 36.9 Å².